The molecule has 18 aromatic rings. The molecular weight excluding hydrogens is 1560 g/mol. The summed E-state index contributed by atoms with van der Waals surface area (Å²) in [6.07, 6.45) is 50.8. The van der Waals surface area contributed by atoms with Gasteiger partial charge in [-0.05, 0) is 318 Å². The molecule has 1 saturated carbocycles. The first-order valence-electron chi connectivity index (χ1n) is 49.8. The van der Waals surface area contributed by atoms with E-state index in [0.717, 1.165) is 74.3 Å². The second-order valence-corrected chi connectivity index (χ2v) is 41.4. The largest absolute Gasteiger partial charge is 0.425 e. The lowest BCUT2D eigenvalue weighted by molar-refractivity contribution is -0.134. The van der Waals surface area contributed by atoms with Crippen LogP contribution in [0.15, 0.2) is 288 Å². The summed E-state index contributed by atoms with van der Waals surface area (Å²) in [5.74, 6) is 4.50. The van der Waals surface area contributed by atoms with Gasteiger partial charge in [0.05, 0.1) is 0 Å². The number of fused-ring (bicyclic) bond motifs is 2. The molecular formula is C127H104O2. The second kappa shape index (κ2) is 28.3. The minimum atomic E-state index is -0.111. The molecule has 0 spiro atoms. The van der Waals surface area contributed by atoms with Gasteiger partial charge in [0.15, 0.2) is 0 Å². The zero-order valence-electron chi connectivity index (χ0n) is 73.9. The maximum Gasteiger partial charge on any atom is 0.311 e. The average molecular weight is 1660 g/mol. The van der Waals surface area contributed by atoms with Crippen LogP contribution < -0.4 is 15.2 Å². The minimum Gasteiger partial charge on any atom is -0.425 e. The van der Waals surface area contributed by atoms with Gasteiger partial charge in [-0.1, -0.05) is 345 Å². The predicted molar refractivity (Wildman–Crippen MR) is 543 cm³/mol. The summed E-state index contributed by atoms with van der Waals surface area (Å²) < 4.78 is 7.62. The molecule has 18 aromatic carbocycles. The minimum absolute atomic E-state index is 0.0713. The van der Waals surface area contributed by atoms with E-state index < -0.39 is 0 Å². The number of esters is 1. The van der Waals surface area contributed by atoms with E-state index in [1.807, 2.05) is 0 Å². The molecule has 1 fully saturated rings. The van der Waals surface area contributed by atoms with Gasteiger partial charge in [0.1, 0.15) is 5.75 Å². The number of carbonyl (C=O) groups excluding carboxylic acids is 1. The molecule has 0 aliphatic heterocycles. The summed E-state index contributed by atoms with van der Waals surface area (Å²) in [7, 11) is 0. The zero-order chi connectivity index (χ0) is 84.4. The van der Waals surface area contributed by atoms with Gasteiger partial charge in [0.2, 0.25) is 0 Å². The predicted octanol–water partition coefficient (Wildman–Crippen LogP) is 32.6. The van der Waals surface area contributed by atoms with Crippen LogP contribution in [-0.2, 0) is 4.79 Å². The highest BCUT2D eigenvalue weighted by Gasteiger charge is 2.59. The van der Waals surface area contributed by atoms with Crippen molar-refractivity contribution in [1.29, 1.82) is 0 Å². The standard InChI is InChI=1S/C127H104O2/c1-3-5-6-7-8-10-18-41-74(93(75-43-28-17-29-44-75)67-84(73-39-26-16-27-40-73)63-83(72-37-24-15-25-38-72)62-82(71-35-22-14-23-36-71)58-69(4-2)70-33-20-13-21-34-70)42-19-11-9-12-30-49-96(128)129-127-94-66-81-53-51-77-55-57-92-89-47-31-45-78-59-85-64-87-65-86-61-80-52-50-76-54-56-91-90-48-32-46-79-60-88-68-95(127)110-117-106(88)112(98(79)90)119-107(91)99(76)101(80)113-104(86)115-105(87)114-103(85)111(97(78)89)120-108(92)100(77)102(81)116-109(94)118(110)126(122(114)124(116)120)123(115)125(117)121(113)119/h13-17,20-29,31-40,43-48,50-57,59-61,64-66,68-69,74,82-84,93,98-99,101,103,107,119H,3-12,18-19,30,41-42,49,58,62-63,67H2,1-2H3/t69-,74?,82+,83-,84+,93-,98?,99?,101?,103?,107?,119?/m1/s1. The van der Waals surface area contributed by atoms with Crippen molar-refractivity contribution in [1.82, 2.24) is 0 Å². The van der Waals surface area contributed by atoms with Gasteiger partial charge in [-0.15, -0.1) is 0 Å². The summed E-state index contributed by atoms with van der Waals surface area (Å²) in [4.78, 5) is 16.0. The molecule has 0 amide bonds. The summed E-state index contributed by atoms with van der Waals surface area (Å²) >= 11 is 0. The van der Waals surface area contributed by atoms with E-state index >= 15 is 4.79 Å². The first-order valence-corrected chi connectivity index (χ1v) is 49.8. The van der Waals surface area contributed by atoms with Crippen molar-refractivity contribution in [3.8, 4) is 5.75 Å². The molecule has 0 N–H and O–H groups in total. The molecule has 0 aromatic heterocycles. The van der Waals surface area contributed by atoms with Crippen molar-refractivity contribution in [2.24, 2.45) is 23.7 Å². The molecule has 0 saturated heterocycles. The molecule has 7 unspecified atom stereocenters. The second-order valence-electron chi connectivity index (χ2n) is 41.4. The highest BCUT2D eigenvalue weighted by molar-refractivity contribution is 6.58. The normalized spacial score (nSPS) is 20.6. The quantitative estimate of drug-likeness (QED) is 0.0138. The maximum atomic E-state index is 16.0. The number of rotatable bonds is 32. The molecule has 29 rings (SSSR count). The lowest BCUT2D eigenvalue weighted by Crippen LogP contribution is -2.47. The fraction of sp³-hybridized carbons (Fsp3) is 0.268. The van der Waals surface area contributed by atoms with Gasteiger partial charge < -0.3 is 4.74 Å². The number of benzene rings is 18. The molecule has 0 bridgehead atoms. The van der Waals surface area contributed by atoms with E-state index in [4.69, 9.17) is 4.74 Å². The Bertz CT molecular complexity index is 8280. The number of hydrogen-bond acceptors (Lipinski definition) is 2. The van der Waals surface area contributed by atoms with E-state index in [1.54, 1.807) is 22.3 Å². The van der Waals surface area contributed by atoms with E-state index in [9.17, 15) is 0 Å². The molecule has 11 aliphatic carbocycles. The summed E-state index contributed by atoms with van der Waals surface area (Å²) in [5.41, 5.74) is 28.2. The molecule has 2 nitrogen and oxygen atoms in total. The lowest BCUT2D eigenvalue weighted by atomic mass is 9.45. The Kier molecular flexibility index (Phi) is 16.3. The van der Waals surface area contributed by atoms with Crippen LogP contribution >= 0.6 is 0 Å². The monoisotopic (exact) mass is 1660 g/mol. The van der Waals surface area contributed by atoms with Crippen LogP contribution in [0.5, 0.6) is 5.75 Å². The Morgan fingerprint density at radius 3 is 1.58 bits per heavy atom. The molecule has 2 heteroatoms. The number of ether oxygens (including phenoxy) is 1. The van der Waals surface area contributed by atoms with Crippen LogP contribution in [0, 0.1) is 23.7 Å². The molecule has 0 radical (unpaired) electrons. The van der Waals surface area contributed by atoms with Crippen LogP contribution in [0.2, 0.25) is 0 Å². The fourth-order valence-corrected chi connectivity index (χ4v) is 30.3. The van der Waals surface area contributed by atoms with Crippen LogP contribution in [0.4, 0.5) is 0 Å². The third-order valence-electron chi connectivity index (χ3n) is 35.2. The Labute approximate surface area is 753 Å². The Morgan fingerprint density at radius 1 is 0.341 bits per heavy atom. The first kappa shape index (κ1) is 74.4. The molecule has 11 aliphatic rings. The van der Waals surface area contributed by atoms with Gasteiger partial charge in [-0.25, -0.2) is 0 Å². The first-order chi connectivity index (χ1) is 63.9. The van der Waals surface area contributed by atoms with Gasteiger partial charge in [-0.2, -0.15) is 0 Å². The van der Waals surface area contributed by atoms with Crippen LogP contribution in [0.1, 0.15) is 256 Å². The third kappa shape index (κ3) is 10.3. The van der Waals surface area contributed by atoms with Crippen molar-refractivity contribution in [2.45, 2.75) is 190 Å². The molecule has 0 heterocycles. The highest BCUT2D eigenvalue weighted by Crippen LogP contribution is 2.74. The van der Waals surface area contributed by atoms with E-state index in [0.29, 0.717) is 53.8 Å². The fourth-order valence-electron chi connectivity index (χ4n) is 30.3. The van der Waals surface area contributed by atoms with Crippen LogP contribution in [-0.4, -0.2) is 5.97 Å². The third-order valence-corrected chi connectivity index (χ3v) is 35.2. The van der Waals surface area contributed by atoms with Gasteiger partial charge in [0.25, 0.3) is 0 Å². The van der Waals surface area contributed by atoms with Crippen molar-refractivity contribution < 1.29 is 9.53 Å². The van der Waals surface area contributed by atoms with Crippen molar-refractivity contribution in [2.75, 3.05) is 0 Å². The zero-order valence-corrected chi connectivity index (χ0v) is 73.9. The Balaban J connectivity index is 0.540. The van der Waals surface area contributed by atoms with E-state index in [-0.39, 0.29) is 29.6 Å². The summed E-state index contributed by atoms with van der Waals surface area (Å²) in [6.45, 7) is 4.74. The number of allylic oxidation sites excluding steroid dienone is 13. The highest BCUT2D eigenvalue weighted by atomic mass is 16.5. The topological polar surface area (TPSA) is 26.3 Å². The maximum absolute atomic E-state index is 16.0. The average Bonchev–Trinajstić information content (AvgIpc) is 0.620. The Morgan fingerprint density at radius 2 is 0.868 bits per heavy atom. The number of hydrogen-bond donors (Lipinski definition) is 0. The van der Waals surface area contributed by atoms with Gasteiger partial charge >= 0.3 is 5.97 Å². The van der Waals surface area contributed by atoms with Crippen LogP contribution in [0.25, 0.3) is 159 Å². The summed E-state index contributed by atoms with van der Waals surface area (Å²) in [6, 6.07) is 82.9. The molecule has 12 atom stereocenters. The number of unbranched alkanes of at least 4 members (excludes halogenated alkanes) is 10. The van der Waals surface area contributed by atoms with Crippen molar-refractivity contribution >= 4 is 165 Å². The van der Waals surface area contributed by atoms with E-state index in [1.165, 1.54) is 277 Å². The molecule has 624 valence electrons. The summed E-state index contributed by atoms with van der Waals surface area (Å²) in [5, 5.41) is 36.1. The van der Waals surface area contributed by atoms with Crippen molar-refractivity contribution in [3.63, 3.8) is 0 Å². The van der Waals surface area contributed by atoms with Gasteiger partial charge in [-0.3, -0.25) is 4.79 Å². The Hall–Kier alpha value is -12.5. The number of carbonyl (C=O) groups is 1. The van der Waals surface area contributed by atoms with Crippen molar-refractivity contribution in [3.05, 3.63) is 365 Å². The van der Waals surface area contributed by atoms with Gasteiger partial charge in [0, 0.05) is 74.2 Å². The lowest BCUT2D eigenvalue weighted by Gasteiger charge is -2.57. The van der Waals surface area contributed by atoms with Crippen LogP contribution in [0.3, 0.4) is 0 Å². The van der Waals surface area contributed by atoms with E-state index in [2.05, 4.69) is 293 Å². The SMILES string of the molecule is CCCCCCCCCC(CCCCCCCC(=O)Oc1c2cc3c4c5c6c7c8c9c(cc%10c%11c%12c%13c%14c%15c%16c%17c(cccc%17c%17ccc%18ccc%19cc1c(c%14c%19c%18c%17%15)c(c25)c%13c6c9%11)=CC(=C%10)C%16%12)C=C1C=CC2=CC=C5C6=CC=CC(=C3)C6C=4C7C5C2C18)[C@@H](C[C@H](C[C@@H](C[C@H](C[C@@H](CC)c1ccccc1)c1ccccc1)c1ccccc1)c1ccccc1)c1ccccc1. The molecule has 129 heavy (non-hydrogen) atoms. The smallest absolute Gasteiger partial charge is 0.311 e.